The van der Waals surface area contributed by atoms with Crippen molar-refractivity contribution in [2.75, 3.05) is 39.6 Å². The first-order valence-corrected chi connectivity index (χ1v) is 40.8. The van der Waals surface area contributed by atoms with Crippen molar-refractivity contribution in [3.63, 3.8) is 0 Å². The first-order valence-electron chi connectivity index (χ1n) is 37.8. The standard InChI is InChI=1S/C73H142O17P2/c1-8-9-10-11-12-13-25-33-40-47-54-70(75)83-61-69(90-73(78)57-50-43-36-29-32-39-46-53-66(6)7)63-88-92(81,82)86-59-67(74)58-85-91(79,80)87-62-68(60-84-71(76)55-48-41-34-28-27-31-38-45-52-65(4)5)89-72(77)56-49-42-35-26-23-21-19-17-15-14-16-18-20-22-24-30-37-44-51-64(2)3/h64-69,74H,8-63H2,1-7H3,(H,79,80)(H,81,82)/t67-,68-,69-/m1/s1. The Labute approximate surface area is 562 Å². The third-order valence-corrected chi connectivity index (χ3v) is 18.8. The quantitative estimate of drug-likeness (QED) is 0.0222. The van der Waals surface area contributed by atoms with Gasteiger partial charge in [-0.1, -0.05) is 318 Å². The van der Waals surface area contributed by atoms with Crippen molar-refractivity contribution in [1.82, 2.24) is 0 Å². The number of phosphoric ester groups is 2. The summed E-state index contributed by atoms with van der Waals surface area (Å²) in [5.41, 5.74) is 0. The van der Waals surface area contributed by atoms with Gasteiger partial charge in [-0.25, -0.2) is 9.13 Å². The van der Waals surface area contributed by atoms with Crippen LogP contribution in [0.4, 0.5) is 0 Å². The van der Waals surface area contributed by atoms with Crippen molar-refractivity contribution >= 4 is 39.5 Å². The molecule has 0 aliphatic heterocycles. The number of phosphoric acid groups is 2. The number of carbonyl (C=O) groups is 4. The molecule has 0 spiro atoms. The summed E-state index contributed by atoms with van der Waals surface area (Å²) in [5.74, 6) is 0.116. The zero-order valence-electron chi connectivity index (χ0n) is 60.0. The van der Waals surface area contributed by atoms with Crippen LogP contribution < -0.4 is 0 Å². The van der Waals surface area contributed by atoms with Crippen LogP contribution in [0.3, 0.4) is 0 Å². The Morgan fingerprint density at radius 1 is 0.293 bits per heavy atom. The number of aliphatic hydroxyl groups excluding tert-OH is 1. The molecule has 0 rings (SSSR count). The van der Waals surface area contributed by atoms with Crippen LogP contribution in [0.25, 0.3) is 0 Å². The molecule has 17 nitrogen and oxygen atoms in total. The minimum Gasteiger partial charge on any atom is -0.462 e. The van der Waals surface area contributed by atoms with Gasteiger partial charge in [0.25, 0.3) is 0 Å². The molecule has 3 N–H and O–H groups in total. The molecule has 0 fully saturated rings. The molecule has 0 aromatic rings. The van der Waals surface area contributed by atoms with Crippen LogP contribution in [0, 0.1) is 17.8 Å². The lowest BCUT2D eigenvalue weighted by Crippen LogP contribution is -2.30. The minimum atomic E-state index is -4.95. The normalized spacial score (nSPS) is 14.1. The van der Waals surface area contributed by atoms with Crippen LogP contribution in [0.2, 0.25) is 0 Å². The third kappa shape index (κ3) is 66.7. The average Bonchev–Trinajstić information content (AvgIpc) is 1.55. The molecule has 0 saturated heterocycles. The van der Waals surface area contributed by atoms with Gasteiger partial charge in [0.1, 0.15) is 19.3 Å². The highest BCUT2D eigenvalue weighted by molar-refractivity contribution is 7.47. The number of carbonyl (C=O) groups excluding carboxylic acids is 4. The van der Waals surface area contributed by atoms with Crippen molar-refractivity contribution in [1.29, 1.82) is 0 Å². The Morgan fingerprint density at radius 3 is 0.739 bits per heavy atom. The van der Waals surface area contributed by atoms with Crippen molar-refractivity contribution < 1.29 is 80.2 Å². The molecule has 0 aromatic carbocycles. The second kappa shape index (κ2) is 63.8. The Morgan fingerprint density at radius 2 is 0.500 bits per heavy atom. The van der Waals surface area contributed by atoms with E-state index in [0.29, 0.717) is 31.6 Å². The van der Waals surface area contributed by atoms with Gasteiger partial charge in [-0.15, -0.1) is 0 Å². The average molecular weight is 1350 g/mol. The van der Waals surface area contributed by atoms with Crippen LogP contribution in [0.15, 0.2) is 0 Å². The van der Waals surface area contributed by atoms with Gasteiger partial charge in [-0.3, -0.25) is 37.3 Å². The molecule has 92 heavy (non-hydrogen) atoms. The second-order valence-electron chi connectivity index (χ2n) is 27.8. The number of ether oxygens (including phenoxy) is 4. The molecule has 0 aliphatic carbocycles. The fourth-order valence-corrected chi connectivity index (χ4v) is 12.7. The summed E-state index contributed by atoms with van der Waals surface area (Å²) in [7, 11) is -9.90. The number of rotatable bonds is 71. The predicted octanol–water partition coefficient (Wildman–Crippen LogP) is 21.0. The number of hydrogen-bond acceptors (Lipinski definition) is 15. The van der Waals surface area contributed by atoms with E-state index in [-0.39, 0.29) is 25.7 Å². The fourth-order valence-electron chi connectivity index (χ4n) is 11.1. The Kier molecular flexibility index (Phi) is 62.4. The van der Waals surface area contributed by atoms with Gasteiger partial charge in [0, 0.05) is 25.7 Å². The van der Waals surface area contributed by atoms with Crippen LogP contribution in [-0.2, 0) is 65.4 Å². The second-order valence-corrected chi connectivity index (χ2v) is 30.7. The fraction of sp³-hybridized carbons (Fsp3) is 0.945. The smallest absolute Gasteiger partial charge is 0.462 e. The molecule has 0 radical (unpaired) electrons. The van der Waals surface area contributed by atoms with Crippen LogP contribution in [0.5, 0.6) is 0 Å². The summed E-state index contributed by atoms with van der Waals surface area (Å²) in [5, 5.41) is 10.6. The van der Waals surface area contributed by atoms with E-state index in [2.05, 4.69) is 48.5 Å². The van der Waals surface area contributed by atoms with Crippen molar-refractivity contribution in [2.45, 2.75) is 388 Å². The molecule has 5 atom stereocenters. The van der Waals surface area contributed by atoms with E-state index < -0.39 is 97.5 Å². The highest BCUT2D eigenvalue weighted by Gasteiger charge is 2.30. The van der Waals surface area contributed by atoms with E-state index in [1.54, 1.807) is 0 Å². The van der Waals surface area contributed by atoms with Crippen molar-refractivity contribution in [3.05, 3.63) is 0 Å². The monoisotopic (exact) mass is 1350 g/mol. The molecular weight excluding hydrogens is 1210 g/mol. The molecule has 0 aromatic heterocycles. The van der Waals surface area contributed by atoms with Gasteiger partial charge in [0.05, 0.1) is 26.4 Å². The number of hydrogen-bond donors (Lipinski definition) is 3. The van der Waals surface area contributed by atoms with Gasteiger partial charge >= 0.3 is 39.5 Å². The van der Waals surface area contributed by atoms with E-state index in [1.165, 1.54) is 180 Å². The maximum atomic E-state index is 13.0. The molecule has 0 aliphatic rings. The highest BCUT2D eigenvalue weighted by atomic mass is 31.2. The number of unbranched alkanes of at least 4 members (excludes halogenated alkanes) is 39. The topological polar surface area (TPSA) is 237 Å². The van der Waals surface area contributed by atoms with Gasteiger partial charge < -0.3 is 33.8 Å². The Balaban J connectivity index is 5.17. The summed E-state index contributed by atoms with van der Waals surface area (Å²) in [6.45, 7) is 11.8. The zero-order chi connectivity index (χ0) is 68.0. The lowest BCUT2D eigenvalue weighted by molar-refractivity contribution is -0.161. The molecule has 546 valence electrons. The molecule has 0 bridgehead atoms. The summed E-state index contributed by atoms with van der Waals surface area (Å²) < 4.78 is 68.3. The third-order valence-electron chi connectivity index (χ3n) is 16.9. The van der Waals surface area contributed by atoms with E-state index in [9.17, 15) is 43.2 Å². The molecule has 19 heteroatoms. The van der Waals surface area contributed by atoms with Crippen LogP contribution in [-0.4, -0.2) is 96.7 Å². The predicted molar refractivity (Wildman–Crippen MR) is 372 cm³/mol. The Bertz CT molecular complexity index is 1800. The Hall–Kier alpha value is -1.94. The van der Waals surface area contributed by atoms with Crippen LogP contribution >= 0.6 is 15.6 Å². The van der Waals surface area contributed by atoms with E-state index in [1.807, 2.05) is 0 Å². The summed E-state index contributed by atoms with van der Waals surface area (Å²) in [6.07, 6.45) is 48.8. The first-order chi connectivity index (χ1) is 44.2. The van der Waals surface area contributed by atoms with Gasteiger partial charge in [0.2, 0.25) is 0 Å². The lowest BCUT2D eigenvalue weighted by atomic mass is 10.0. The van der Waals surface area contributed by atoms with Crippen LogP contribution in [0.1, 0.15) is 370 Å². The molecule has 0 heterocycles. The first kappa shape index (κ1) is 90.1. The van der Waals surface area contributed by atoms with E-state index in [4.69, 9.17) is 37.0 Å². The zero-order valence-corrected chi connectivity index (χ0v) is 61.8. The number of aliphatic hydroxyl groups is 1. The molecule has 2 unspecified atom stereocenters. The minimum absolute atomic E-state index is 0.103. The SMILES string of the molecule is CCCCCCCCCCCCC(=O)OC[C@H](COP(=O)(O)OC[C@H](O)COP(=O)(O)OC[C@@H](COC(=O)CCCCCCCCCCC(C)C)OC(=O)CCCCCCCCCCCCCCCCCCCCC(C)C)OC(=O)CCCCCCCCCC(C)C. The molecule has 0 saturated carbocycles. The van der Waals surface area contributed by atoms with Crippen molar-refractivity contribution in [2.24, 2.45) is 17.8 Å². The van der Waals surface area contributed by atoms with E-state index >= 15 is 0 Å². The maximum absolute atomic E-state index is 13.0. The van der Waals surface area contributed by atoms with Gasteiger partial charge in [0.15, 0.2) is 12.2 Å². The molecule has 0 amide bonds. The summed E-state index contributed by atoms with van der Waals surface area (Å²) >= 11 is 0. The molecular formula is C73H142O17P2. The maximum Gasteiger partial charge on any atom is 0.472 e. The van der Waals surface area contributed by atoms with Crippen molar-refractivity contribution in [3.8, 4) is 0 Å². The highest BCUT2D eigenvalue weighted by Crippen LogP contribution is 2.45. The van der Waals surface area contributed by atoms with E-state index in [0.717, 1.165) is 102 Å². The van der Waals surface area contributed by atoms with Gasteiger partial charge in [-0.2, -0.15) is 0 Å². The summed E-state index contributed by atoms with van der Waals surface area (Å²) in [6, 6.07) is 0. The van der Waals surface area contributed by atoms with Gasteiger partial charge in [-0.05, 0) is 43.4 Å². The lowest BCUT2D eigenvalue weighted by Gasteiger charge is -2.21. The summed E-state index contributed by atoms with van der Waals surface area (Å²) in [4.78, 5) is 72.6. The largest absolute Gasteiger partial charge is 0.472 e. The number of esters is 4.